The van der Waals surface area contributed by atoms with Crippen LogP contribution in [0.5, 0.6) is 0 Å². The number of aliphatic imine (C=N–C) groups is 1. The molecule has 2 aliphatic rings. The van der Waals surface area contributed by atoms with Crippen molar-refractivity contribution in [3.63, 3.8) is 0 Å². The van der Waals surface area contributed by atoms with Gasteiger partial charge >= 0.3 is 0 Å². The first-order valence-electron chi connectivity index (χ1n) is 8.11. The minimum atomic E-state index is 0.231. The zero-order chi connectivity index (χ0) is 14.6. The van der Waals surface area contributed by atoms with Gasteiger partial charge in [-0.1, -0.05) is 20.8 Å². The van der Waals surface area contributed by atoms with Gasteiger partial charge in [-0.3, -0.25) is 4.99 Å². The Kier molecular flexibility index (Phi) is 4.95. The van der Waals surface area contributed by atoms with Crippen molar-refractivity contribution in [2.75, 3.05) is 39.4 Å². The SMILES string of the molecule is CCNC(=NCC1(C)CCOC1)N1CCC(C)(CC)C1. The second-order valence-corrected chi connectivity index (χ2v) is 7.12. The molecular weight excluding hydrogens is 250 g/mol. The van der Waals surface area contributed by atoms with E-state index in [0.717, 1.165) is 51.8 Å². The summed E-state index contributed by atoms with van der Waals surface area (Å²) in [4.78, 5) is 7.34. The highest BCUT2D eigenvalue weighted by atomic mass is 16.5. The molecule has 2 heterocycles. The van der Waals surface area contributed by atoms with Crippen molar-refractivity contribution in [3.05, 3.63) is 0 Å². The topological polar surface area (TPSA) is 36.9 Å². The number of likely N-dealkylation sites (tertiary alicyclic amines) is 1. The zero-order valence-electron chi connectivity index (χ0n) is 13.7. The van der Waals surface area contributed by atoms with Crippen molar-refractivity contribution in [1.29, 1.82) is 0 Å². The standard InChI is InChI=1S/C16H31N3O/c1-5-15(3)7-9-19(12-15)14(17-6-2)18-11-16(4)8-10-20-13-16/h5-13H2,1-4H3,(H,17,18). The van der Waals surface area contributed by atoms with Crippen LogP contribution in [0.2, 0.25) is 0 Å². The van der Waals surface area contributed by atoms with Crippen LogP contribution >= 0.6 is 0 Å². The van der Waals surface area contributed by atoms with Crippen LogP contribution in [0.3, 0.4) is 0 Å². The van der Waals surface area contributed by atoms with Gasteiger partial charge in [0.15, 0.2) is 5.96 Å². The Balaban J connectivity index is 1.99. The fourth-order valence-electron chi connectivity index (χ4n) is 3.02. The lowest BCUT2D eigenvalue weighted by molar-refractivity contribution is 0.162. The molecule has 4 nitrogen and oxygen atoms in total. The number of nitrogens with one attached hydrogen (secondary N) is 1. The first-order valence-corrected chi connectivity index (χ1v) is 8.11. The molecule has 0 radical (unpaired) electrons. The summed E-state index contributed by atoms with van der Waals surface area (Å²) in [6.45, 7) is 14.9. The van der Waals surface area contributed by atoms with E-state index in [-0.39, 0.29) is 5.41 Å². The van der Waals surface area contributed by atoms with E-state index in [1.54, 1.807) is 0 Å². The molecule has 1 N–H and O–H groups in total. The van der Waals surface area contributed by atoms with Crippen molar-refractivity contribution >= 4 is 5.96 Å². The van der Waals surface area contributed by atoms with Gasteiger partial charge in [-0.05, 0) is 31.6 Å². The fourth-order valence-corrected chi connectivity index (χ4v) is 3.02. The van der Waals surface area contributed by atoms with Crippen LogP contribution in [0.15, 0.2) is 4.99 Å². The van der Waals surface area contributed by atoms with Gasteiger partial charge < -0.3 is 15.0 Å². The van der Waals surface area contributed by atoms with E-state index < -0.39 is 0 Å². The van der Waals surface area contributed by atoms with E-state index in [9.17, 15) is 0 Å². The van der Waals surface area contributed by atoms with Gasteiger partial charge in [-0.15, -0.1) is 0 Å². The Morgan fingerprint density at radius 1 is 1.25 bits per heavy atom. The predicted molar refractivity (Wildman–Crippen MR) is 84.1 cm³/mol. The van der Waals surface area contributed by atoms with Crippen LogP contribution in [0.25, 0.3) is 0 Å². The van der Waals surface area contributed by atoms with Crippen LogP contribution < -0.4 is 5.32 Å². The quantitative estimate of drug-likeness (QED) is 0.635. The van der Waals surface area contributed by atoms with E-state index in [4.69, 9.17) is 9.73 Å². The Morgan fingerprint density at radius 2 is 2.05 bits per heavy atom. The van der Waals surface area contributed by atoms with Crippen molar-refractivity contribution < 1.29 is 4.74 Å². The number of guanidine groups is 1. The first kappa shape index (κ1) is 15.6. The van der Waals surface area contributed by atoms with E-state index in [2.05, 4.69) is 37.9 Å². The van der Waals surface area contributed by atoms with Crippen LogP contribution in [-0.2, 0) is 4.74 Å². The minimum absolute atomic E-state index is 0.231. The average molecular weight is 281 g/mol. The van der Waals surface area contributed by atoms with E-state index in [1.807, 2.05) is 0 Å². The molecule has 2 fully saturated rings. The van der Waals surface area contributed by atoms with Crippen LogP contribution in [0.1, 0.15) is 47.0 Å². The van der Waals surface area contributed by atoms with E-state index in [1.165, 1.54) is 12.8 Å². The highest BCUT2D eigenvalue weighted by Crippen LogP contribution is 2.33. The summed E-state index contributed by atoms with van der Waals surface area (Å²) in [5.41, 5.74) is 0.686. The summed E-state index contributed by atoms with van der Waals surface area (Å²) in [7, 11) is 0. The molecule has 4 heteroatoms. The maximum absolute atomic E-state index is 5.53. The number of rotatable bonds is 4. The molecule has 116 valence electrons. The van der Waals surface area contributed by atoms with Crippen molar-refractivity contribution in [2.45, 2.75) is 47.0 Å². The van der Waals surface area contributed by atoms with Gasteiger partial charge in [0.05, 0.1) is 13.2 Å². The Morgan fingerprint density at radius 3 is 2.60 bits per heavy atom. The van der Waals surface area contributed by atoms with Gasteiger partial charge in [0.2, 0.25) is 0 Å². The second kappa shape index (κ2) is 6.33. The molecular formula is C16H31N3O. The Labute approximate surface area is 124 Å². The predicted octanol–water partition coefficient (Wildman–Crippen LogP) is 2.50. The number of ether oxygens (including phenoxy) is 1. The zero-order valence-corrected chi connectivity index (χ0v) is 13.7. The molecule has 2 saturated heterocycles. The summed E-state index contributed by atoms with van der Waals surface area (Å²) in [5.74, 6) is 1.10. The molecule has 0 aliphatic carbocycles. The largest absolute Gasteiger partial charge is 0.381 e. The Hall–Kier alpha value is -0.770. The summed E-state index contributed by atoms with van der Waals surface area (Å²) in [6, 6.07) is 0. The van der Waals surface area contributed by atoms with Gasteiger partial charge in [0, 0.05) is 31.7 Å². The summed E-state index contributed by atoms with van der Waals surface area (Å²) >= 11 is 0. The lowest BCUT2D eigenvalue weighted by Crippen LogP contribution is -2.41. The molecule has 2 atom stereocenters. The molecule has 20 heavy (non-hydrogen) atoms. The minimum Gasteiger partial charge on any atom is -0.381 e. The second-order valence-electron chi connectivity index (χ2n) is 7.12. The highest BCUT2D eigenvalue weighted by molar-refractivity contribution is 5.80. The van der Waals surface area contributed by atoms with Crippen LogP contribution in [0, 0.1) is 10.8 Å². The third-order valence-corrected chi connectivity index (χ3v) is 4.96. The highest BCUT2D eigenvalue weighted by Gasteiger charge is 2.34. The lowest BCUT2D eigenvalue weighted by atomic mass is 9.87. The van der Waals surface area contributed by atoms with Gasteiger partial charge in [-0.2, -0.15) is 0 Å². The number of nitrogens with zero attached hydrogens (tertiary/aromatic N) is 2. The molecule has 0 aromatic carbocycles. The summed E-state index contributed by atoms with van der Waals surface area (Å²) in [5, 5.41) is 3.46. The smallest absolute Gasteiger partial charge is 0.193 e. The average Bonchev–Trinajstić information content (AvgIpc) is 3.03. The fraction of sp³-hybridized carbons (Fsp3) is 0.938. The molecule has 2 rings (SSSR count). The molecule has 0 aromatic rings. The molecule has 0 aromatic heterocycles. The molecule has 2 aliphatic heterocycles. The van der Waals surface area contributed by atoms with Crippen LogP contribution in [0.4, 0.5) is 0 Å². The van der Waals surface area contributed by atoms with Crippen LogP contribution in [-0.4, -0.2) is 50.3 Å². The Bertz CT molecular complexity index is 350. The normalized spacial score (nSPS) is 34.8. The summed E-state index contributed by atoms with van der Waals surface area (Å²) < 4.78 is 5.53. The van der Waals surface area contributed by atoms with Gasteiger partial charge in [0.25, 0.3) is 0 Å². The van der Waals surface area contributed by atoms with E-state index in [0.29, 0.717) is 5.41 Å². The third-order valence-electron chi connectivity index (χ3n) is 4.96. The number of hydrogen-bond acceptors (Lipinski definition) is 2. The van der Waals surface area contributed by atoms with E-state index >= 15 is 0 Å². The molecule has 0 saturated carbocycles. The maximum Gasteiger partial charge on any atom is 0.193 e. The van der Waals surface area contributed by atoms with Crippen molar-refractivity contribution in [1.82, 2.24) is 10.2 Å². The third kappa shape index (κ3) is 3.66. The molecule has 0 amide bonds. The van der Waals surface area contributed by atoms with Crippen molar-refractivity contribution in [2.24, 2.45) is 15.8 Å². The first-order chi connectivity index (χ1) is 9.50. The van der Waals surface area contributed by atoms with Gasteiger partial charge in [0.1, 0.15) is 0 Å². The molecule has 2 unspecified atom stereocenters. The lowest BCUT2D eigenvalue weighted by Gasteiger charge is -2.27. The molecule has 0 bridgehead atoms. The number of hydrogen-bond donors (Lipinski definition) is 1. The monoisotopic (exact) mass is 281 g/mol. The van der Waals surface area contributed by atoms with Gasteiger partial charge in [-0.25, -0.2) is 0 Å². The maximum atomic E-state index is 5.53. The summed E-state index contributed by atoms with van der Waals surface area (Å²) in [6.07, 6.45) is 3.64. The van der Waals surface area contributed by atoms with Crippen molar-refractivity contribution in [3.8, 4) is 0 Å². The molecule has 0 spiro atoms.